The molecule has 5 rings (SSSR count). The Morgan fingerprint density at radius 2 is 1.19 bits per heavy atom. The number of furan rings is 1. The summed E-state index contributed by atoms with van der Waals surface area (Å²) in [5, 5.41) is 13.5. The van der Waals surface area contributed by atoms with Crippen LogP contribution < -0.4 is 15.9 Å². The van der Waals surface area contributed by atoms with Gasteiger partial charge >= 0.3 is 193 Å². The summed E-state index contributed by atoms with van der Waals surface area (Å²) in [5.74, 6) is -2.65. The van der Waals surface area contributed by atoms with Crippen molar-refractivity contribution >= 4 is 44.1 Å². The summed E-state index contributed by atoms with van der Waals surface area (Å²) in [7, 11) is 0. The molecule has 0 saturated heterocycles. The van der Waals surface area contributed by atoms with Gasteiger partial charge in [0.1, 0.15) is 0 Å². The fraction of sp³-hybridized carbons (Fsp3) is 0.0357. The maximum atomic E-state index is 9.28. The molecule has 0 fully saturated rings. The third-order valence-electron chi connectivity index (χ3n) is 6.03. The number of nitriles is 1. The fourth-order valence-corrected chi connectivity index (χ4v) is 10.4. The van der Waals surface area contributed by atoms with Gasteiger partial charge in [0.15, 0.2) is 0 Å². The second-order valence-corrected chi connectivity index (χ2v) is 14.4. The normalized spacial score (nSPS) is 12.7. The Balaban J connectivity index is 1.82. The Hall–Kier alpha value is -3.37. The van der Waals surface area contributed by atoms with E-state index in [0.29, 0.717) is 11.7 Å². The van der Waals surface area contributed by atoms with Gasteiger partial charge in [0.05, 0.1) is 0 Å². The second kappa shape index (κ2) is 7.95. The first-order valence-electron chi connectivity index (χ1n) is 10.4. The molecule has 0 aliphatic rings. The zero-order valence-electron chi connectivity index (χ0n) is 17.4. The summed E-state index contributed by atoms with van der Waals surface area (Å²) in [6, 6.07) is 40.8. The van der Waals surface area contributed by atoms with Crippen molar-refractivity contribution in [2.75, 3.05) is 0 Å². The predicted octanol–water partition coefficient (Wildman–Crippen LogP) is 6.49. The topological polar surface area (TPSA) is 36.9 Å². The van der Waals surface area contributed by atoms with Gasteiger partial charge in [-0.1, -0.05) is 0 Å². The van der Waals surface area contributed by atoms with E-state index in [-0.39, 0.29) is 0 Å². The summed E-state index contributed by atoms with van der Waals surface area (Å²) in [6.07, 6.45) is 0.530. The Morgan fingerprint density at radius 3 is 1.66 bits per heavy atom. The third kappa shape index (κ3) is 3.23. The fourth-order valence-electron chi connectivity index (χ4n) is 4.48. The molecule has 1 aromatic heterocycles. The first kappa shape index (κ1) is 20.5. The molecule has 0 atom stereocenters. The molecule has 0 spiro atoms. The van der Waals surface area contributed by atoms with Crippen molar-refractivity contribution in [2.24, 2.45) is 0 Å². The summed E-state index contributed by atoms with van der Waals surface area (Å²) < 4.78 is 6.29. The maximum absolute atomic E-state index is 9.28. The third-order valence-corrected chi connectivity index (χ3v) is 13.2. The van der Waals surface area contributed by atoms with Crippen molar-refractivity contribution in [3.8, 4) is 6.07 Å². The van der Waals surface area contributed by atoms with Gasteiger partial charge in [-0.05, 0) is 0 Å². The zero-order valence-corrected chi connectivity index (χ0v) is 19.0. The van der Waals surface area contributed by atoms with Crippen LogP contribution in [0.4, 0.5) is 0 Å². The molecule has 4 aromatic carbocycles. The van der Waals surface area contributed by atoms with Crippen molar-refractivity contribution in [3.63, 3.8) is 0 Å². The van der Waals surface area contributed by atoms with E-state index in [1.165, 1.54) is 0 Å². The van der Waals surface area contributed by atoms with Gasteiger partial charge in [-0.2, -0.15) is 0 Å². The molecule has 0 bridgehead atoms. The van der Waals surface area contributed by atoms with Gasteiger partial charge in [0.25, 0.3) is 0 Å². The molecular weight excluding hydrogens is 433 g/mol. The van der Waals surface area contributed by atoms with Gasteiger partial charge in [0, 0.05) is 0 Å². The first-order valence-corrected chi connectivity index (χ1v) is 13.8. The van der Waals surface area contributed by atoms with E-state index in [1.54, 1.807) is 6.07 Å². The second-order valence-electron chi connectivity index (χ2n) is 7.92. The van der Waals surface area contributed by atoms with E-state index >= 15 is 0 Å². The number of fused-ring (bicyclic) bond motifs is 1. The van der Waals surface area contributed by atoms with Crippen molar-refractivity contribution in [1.29, 1.82) is 5.26 Å². The Labute approximate surface area is 192 Å². The molecule has 2 nitrogen and oxygen atoms in total. The molecule has 0 unspecified atom stereocenters. The van der Waals surface area contributed by atoms with Gasteiger partial charge in [0.2, 0.25) is 0 Å². The molecule has 0 amide bonds. The van der Waals surface area contributed by atoms with Crippen LogP contribution in [0, 0.1) is 11.3 Å². The van der Waals surface area contributed by atoms with E-state index in [1.807, 2.05) is 72.8 Å². The molecule has 0 radical (unpaired) electrons. The molecule has 0 aliphatic heterocycles. The van der Waals surface area contributed by atoms with Gasteiger partial charge in [-0.15, -0.1) is 0 Å². The van der Waals surface area contributed by atoms with Crippen molar-refractivity contribution in [3.05, 3.63) is 127 Å². The van der Waals surface area contributed by atoms with Crippen LogP contribution >= 0.6 is 17.2 Å². The van der Waals surface area contributed by atoms with Gasteiger partial charge in [-0.25, -0.2) is 0 Å². The molecular formula is C28H21ClNOP. The predicted molar refractivity (Wildman–Crippen MR) is 136 cm³/mol. The monoisotopic (exact) mass is 453 g/mol. The minimum atomic E-state index is -3.45. The van der Waals surface area contributed by atoms with Crippen LogP contribution in [0.25, 0.3) is 11.0 Å². The molecule has 156 valence electrons. The molecule has 0 N–H and O–H groups in total. The molecule has 0 saturated carbocycles. The van der Waals surface area contributed by atoms with Crippen molar-refractivity contribution in [2.45, 2.75) is 6.16 Å². The van der Waals surface area contributed by atoms with E-state index in [4.69, 9.17) is 15.7 Å². The van der Waals surface area contributed by atoms with Crippen molar-refractivity contribution < 1.29 is 4.42 Å². The van der Waals surface area contributed by atoms with E-state index < -0.39 is 5.96 Å². The van der Waals surface area contributed by atoms with Crippen LogP contribution in [0.1, 0.15) is 11.3 Å². The molecule has 5 aromatic rings. The standard InChI is InChI=1S/C28H21ClNOP/c29-32(25-10-4-1-5-11-25,26-12-6-2-7-13-26,27-14-8-3-9-15-27)21-24-19-23-18-22(20-30)16-17-28(23)31-24/h1-19H,21H2. The zero-order chi connectivity index (χ0) is 22.0. The van der Waals surface area contributed by atoms with Crippen LogP contribution in [-0.2, 0) is 6.16 Å². The first-order chi connectivity index (χ1) is 15.6. The van der Waals surface area contributed by atoms with Gasteiger partial charge in [-0.3, -0.25) is 0 Å². The number of benzene rings is 4. The summed E-state index contributed by atoms with van der Waals surface area (Å²) >= 11 is 8.11. The molecule has 32 heavy (non-hydrogen) atoms. The number of hydrogen-bond acceptors (Lipinski definition) is 2. The van der Waals surface area contributed by atoms with Crippen LogP contribution in [-0.4, -0.2) is 0 Å². The number of hydrogen-bond donors (Lipinski definition) is 0. The Bertz CT molecular complexity index is 1320. The van der Waals surface area contributed by atoms with Crippen LogP contribution in [0.15, 0.2) is 120 Å². The molecule has 1 heterocycles. The molecule has 0 aliphatic carbocycles. The quantitative estimate of drug-likeness (QED) is 0.285. The summed E-state index contributed by atoms with van der Waals surface area (Å²) in [4.78, 5) is 0. The van der Waals surface area contributed by atoms with Crippen LogP contribution in [0.2, 0.25) is 0 Å². The van der Waals surface area contributed by atoms with E-state index in [0.717, 1.165) is 32.6 Å². The number of halogens is 1. The van der Waals surface area contributed by atoms with Gasteiger partial charge < -0.3 is 0 Å². The summed E-state index contributed by atoms with van der Waals surface area (Å²) in [6.45, 7) is 0. The molecule has 4 heteroatoms. The van der Waals surface area contributed by atoms with Crippen LogP contribution in [0.5, 0.6) is 0 Å². The van der Waals surface area contributed by atoms with Crippen molar-refractivity contribution in [1.82, 2.24) is 0 Å². The summed E-state index contributed by atoms with van der Waals surface area (Å²) in [5.41, 5.74) is 1.37. The Kier molecular flexibility index (Phi) is 5.10. The van der Waals surface area contributed by atoms with Crippen LogP contribution in [0.3, 0.4) is 0 Å². The van der Waals surface area contributed by atoms with E-state index in [2.05, 4.69) is 42.5 Å². The number of nitrogens with zero attached hydrogens (tertiary/aromatic N) is 1. The average molecular weight is 454 g/mol. The minimum absolute atomic E-state index is 0.530. The number of rotatable bonds is 5. The Morgan fingerprint density at radius 1 is 0.688 bits per heavy atom. The van der Waals surface area contributed by atoms with E-state index in [9.17, 15) is 5.26 Å². The average Bonchev–Trinajstić information content (AvgIpc) is 3.26. The SMILES string of the molecule is N#Cc1ccc2oc(CP(Cl)(c3ccccc3)(c3ccccc3)c3ccccc3)cc2c1.